The van der Waals surface area contributed by atoms with E-state index in [0.717, 1.165) is 6.42 Å². The van der Waals surface area contributed by atoms with Crippen LogP contribution in [0.25, 0.3) is 0 Å². The van der Waals surface area contributed by atoms with Crippen molar-refractivity contribution < 1.29 is 9.47 Å². The average molecular weight is 193 g/mol. The lowest BCUT2D eigenvalue weighted by molar-refractivity contribution is -0.0585. The molecule has 14 heavy (non-hydrogen) atoms. The van der Waals surface area contributed by atoms with Gasteiger partial charge in [-0.25, -0.2) is 0 Å². The molecule has 0 radical (unpaired) electrons. The number of nitrogens with two attached hydrogens (primary N) is 1. The van der Waals surface area contributed by atoms with Gasteiger partial charge in [0.1, 0.15) is 0 Å². The van der Waals surface area contributed by atoms with Gasteiger partial charge in [-0.05, 0) is 12.0 Å². The second-order valence-electron chi connectivity index (χ2n) is 3.46. The molecule has 1 heterocycles. The van der Waals surface area contributed by atoms with Crippen LogP contribution in [0.3, 0.4) is 0 Å². The summed E-state index contributed by atoms with van der Waals surface area (Å²) in [6, 6.07) is 10.1. The molecule has 0 unspecified atom stereocenters. The Morgan fingerprint density at radius 1 is 1.21 bits per heavy atom. The van der Waals surface area contributed by atoms with E-state index < -0.39 is 0 Å². The van der Waals surface area contributed by atoms with Crippen molar-refractivity contribution in [2.45, 2.75) is 18.8 Å². The molecule has 0 aliphatic carbocycles. The fourth-order valence-corrected chi connectivity index (χ4v) is 1.61. The van der Waals surface area contributed by atoms with Gasteiger partial charge in [0.05, 0.1) is 19.3 Å². The Balaban J connectivity index is 1.90. The van der Waals surface area contributed by atoms with E-state index in [-0.39, 0.29) is 12.3 Å². The van der Waals surface area contributed by atoms with E-state index in [1.54, 1.807) is 0 Å². The van der Waals surface area contributed by atoms with E-state index in [2.05, 4.69) is 12.1 Å². The van der Waals surface area contributed by atoms with Gasteiger partial charge >= 0.3 is 0 Å². The SMILES string of the molecule is N[C@@H](Cc1ccccc1)C1OCCO1. The first-order valence-corrected chi connectivity index (χ1v) is 4.89. The van der Waals surface area contributed by atoms with Crippen LogP contribution < -0.4 is 5.73 Å². The van der Waals surface area contributed by atoms with Gasteiger partial charge in [0.2, 0.25) is 0 Å². The number of ether oxygens (including phenoxy) is 2. The van der Waals surface area contributed by atoms with E-state index >= 15 is 0 Å². The molecule has 0 spiro atoms. The third-order valence-corrected chi connectivity index (χ3v) is 2.31. The predicted octanol–water partition coefficient (Wildman–Crippen LogP) is 0.929. The van der Waals surface area contributed by atoms with Crippen molar-refractivity contribution in [1.82, 2.24) is 0 Å². The van der Waals surface area contributed by atoms with Crippen LogP contribution in [-0.4, -0.2) is 25.5 Å². The maximum absolute atomic E-state index is 5.96. The van der Waals surface area contributed by atoms with Gasteiger partial charge in [0.15, 0.2) is 6.29 Å². The van der Waals surface area contributed by atoms with Crippen molar-refractivity contribution in [3.63, 3.8) is 0 Å². The maximum atomic E-state index is 5.96. The Hall–Kier alpha value is -0.900. The van der Waals surface area contributed by atoms with Crippen LogP contribution in [-0.2, 0) is 15.9 Å². The molecular weight excluding hydrogens is 178 g/mol. The first-order chi connectivity index (χ1) is 6.86. The maximum Gasteiger partial charge on any atom is 0.173 e. The van der Waals surface area contributed by atoms with Crippen molar-refractivity contribution in [3.05, 3.63) is 35.9 Å². The molecule has 1 aromatic carbocycles. The Labute approximate surface area is 83.8 Å². The molecule has 1 aromatic rings. The van der Waals surface area contributed by atoms with Gasteiger partial charge in [-0.15, -0.1) is 0 Å². The third-order valence-electron chi connectivity index (χ3n) is 2.31. The quantitative estimate of drug-likeness (QED) is 0.776. The third kappa shape index (κ3) is 2.32. The van der Waals surface area contributed by atoms with E-state index in [4.69, 9.17) is 15.2 Å². The summed E-state index contributed by atoms with van der Waals surface area (Å²) in [5.41, 5.74) is 7.18. The zero-order chi connectivity index (χ0) is 9.80. The first kappa shape index (κ1) is 9.65. The highest BCUT2D eigenvalue weighted by Crippen LogP contribution is 2.11. The monoisotopic (exact) mass is 193 g/mol. The summed E-state index contributed by atoms with van der Waals surface area (Å²) in [6.45, 7) is 1.32. The van der Waals surface area contributed by atoms with E-state index in [9.17, 15) is 0 Å². The molecule has 3 nitrogen and oxygen atoms in total. The van der Waals surface area contributed by atoms with Crippen LogP contribution in [0, 0.1) is 0 Å². The number of rotatable bonds is 3. The highest BCUT2D eigenvalue weighted by molar-refractivity contribution is 5.15. The minimum Gasteiger partial charge on any atom is -0.349 e. The molecule has 2 N–H and O–H groups in total. The van der Waals surface area contributed by atoms with Crippen molar-refractivity contribution in [1.29, 1.82) is 0 Å². The summed E-state index contributed by atoms with van der Waals surface area (Å²) in [5.74, 6) is 0. The normalized spacial score (nSPS) is 19.8. The Bertz CT molecular complexity index is 270. The molecule has 1 fully saturated rings. The fourth-order valence-electron chi connectivity index (χ4n) is 1.61. The molecule has 0 aromatic heterocycles. The van der Waals surface area contributed by atoms with Crippen LogP contribution >= 0.6 is 0 Å². The molecule has 1 aliphatic rings. The highest BCUT2D eigenvalue weighted by Gasteiger charge is 2.23. The van der Waals surface area contributed by atoms with Crippen molar-refractivity contribution in [2.75, 3.05) is 13.2 Å². The first-order valence-electron chi connectivity index (χ1n) is 4.89. The van der Waals surface area contributed by atoms with E-state index in [0.29, 0.717) is 13.2 Å². The van der Waals surface area contributed by atoms with Crippen LogP contribution in [0.5, 0.6) is 0 Å². The fraction of sp³-hybridized carbons (Fsp3) is 0.455. The van der Waals surface area contributed by atoms with Crippen molar-refractivity contribution in [3.8, 4) is 0 Å². The smallest absolute Gasteiger partial charge is 0.173 e. The van der Waals surface area contributed by atoms with Crippen LogP contribution in [0.4, 0.5) is 0 Å². The standard InChI is InChI=1S/C11H15NO2/c12-10(11-13-6-7-14-11)8-9-4-2-1-3-5-9/h1-5,10-11H,6-8,12H2/t10-/m0/s1. The molecule has 1 aliphatic heterocycles. The minimum absolute atomic E-state index is 0.0695. The van der Waals surface area contributed by atoms with Crippen LogP contribution in [0.15, 0.2) is 30.3 Å². The van der Waals surface area contributed by atoms with Crippen LogP contribution in [0.1, 0.15) is 5.56 Å². The highest BCUT2D eigenvalue weighted by atomic mass is 16.7. The summed E-state index contributed by atoms with van der Waals surface area (Å²) in [6.07, 6.45) is 0.570. The average Bonchev–Trinajstić information content (AvgIpc) is 2.72. The van der Waals surface area contributed by atoms with Gasteiger partial charge in [0.25, 0.3) is 0 Å². The summed E-state index contributed by atoms with van der Waals surface area (Å²) in [4.78, 5) is 0. The Morgan fingerprint density at radius 3 is 2.50 bits per heavy atom. The lowest BCUT2D eigenvalue weighted by atomic mass is 10.1. The zero-order valence-electron chi connectivity index (χ0n) is 8.06. The van der Waals surface area contributed by atoms with Gasteiger partial charge in [-0.1, -0.05) is 30.3 Å². The topological polar surface area (TPSA) is 44.5 Å². The van der Waals surface area contributed by atoms with Gasteiger partial charge in [-0.3, -0.25) is 0 Å². The lowest BCUT2D eigenvalue weighted by Crippen LogP contribution is -2.37. The van der Waals surface area contributed by atoms with Crippen molar-refractivity contribution in [2.24, 2.45) is 5.73 Å². The van der Waals surface area contributed by atoms with Crippen molar-refractivity contribution >= 4 is 0 Å². The second-order valence-corrected chi connectivity index (χ2v) is 3.46. The molecular formula is C11H15NO2. The number of hydrogen-bond acceptors (Lipinski definition) is 3. The predicted molar refractivity (Wildman–Crippen MR) is 53.8 cm³/mol. The van der Waals surface area contributed by atoms with Gasteiger partial charge < -0.3 is 15.2 Å². The zero-order valence-corrected chi connectivity index (χ0v) is 8.06. The summed E-state index contributed by atoms with van der Waals surface area (Å²) < 4.78 is 10.7. The lowest BCUT2D eigenvalue weighted by Gasteiger charge is -2.17. The minimum atomic E-state index is -0.227. The Morgan fingerprint density at radius 2 is 1.86 bits per heavy atom. The van der Waals surface area contributed by atoms with E-state index in [1.165, 1.54) is 5.56 Å². The van der Waals surface area contributed by atoms with E-state index in [1.807, 2.05) is 18.2 Å². The van der Waals surface area contributed by atoms with Crippen LogP contribution in [0.2, 0.25) is 0 Å². The number of hydrogen-bond donors (Lipinski definition) is 1. The largest absolute Gasteiger partial charge is 0.349 e. The molecule has 0 saturated carbocycles. The molecule has 0 amide bonds. The molecule has 2 rings (SSSR count). The Kier molecular flexibility index (Phi) is 3.14. The molecule has 3 heteroatoms. The van der Waals surface area contributed by atoms with Gasteiger partial charge in [-0.2, -0.15) is 0 Å². The molecule has 76 valence electrons. The summed E-state index contributed by atoms with van der Waals surface area (Å²) in [7, 11) is 0. The van der Waals surface area contributed by atoms with Gasteiger partial charge in [0, 0.05) is 0 Å². The molecule has 0 bridgehead atoms. The summed E-state index contributed by atoms with van der Waals surface area (Å²) in [5, 5.41) is 0. The summed E-state index contributed by atoms with van der Waals surface area (Å²) >= 11 is 0. The number of benzene rings is 1. The molecule has 1 saturated heterocycles. The second kappa shape index (κ2) is 4.55. The molecule has 1 atom stereocenters.